The van der Waals surface area contributed by atoms with Gasteiger partial charge in [-0.25, -0.2) is 17.6 Å². The fourth-order valence-electron chi connectivity index (χ4n) is 5.25. The second-order valence-corrected chi connectivity index (χ2v) is 11.4. The van der Waals surface area contributed by atoms with Gasteiger partial charge < -0.3 is 19.7 Å². The molecule has 3 aliphatic rings. The van der Waals surface area contributed by atoms with E-state index >= 15 is 0 Å². The van der Waals surface area contributed by atoms with Crippen molar-refractivity contribution in [3.05, 3.63) is 52.8 Å². The Morgan fingerprint density at radius 3 is 2.78 bits per heavy atom. The van der Waals surface area contributed by atoms with E-state index in [9.17, 15) is 22.4 Å². The molecule has 0 unspecified atom stereocenters. The second-order valence-electron chi connectivity index (χ2n) is 9.77. The summed E-state index contributed by atoms with van der Waals surface area (Å²) in [4.78, 5) is 27.3. The van der Waals surface area contributed by atoms with Crippen LogP contribution in [0.4, 0.5) is 10.1 Å². The summed E-state index contributed by atoms with van der Waals surface area (Å²) >= 11 is 0. The first kappa shape index (κ1) is 25.5. The number of ether oxygens (including phenoxy) is 2. The van der Waals surface area contributed by atoms with Crippen LogP contribution in [0.5, 0.6) is 5.75 Å². The van der Waals surface area contributed by atoms with Gasteiger partial charge in [0.15, 0.2) is 0 Å². The van der Waals surface area contributed by atoms with Crippen molar-refractivity contribution in [2.45, 2.75) is 37.1 Å². The van der Waals surface area contributed by atoms with Crippen molar-refractivity contribution in [1.82, 2.24) is 10.2 Å². The van der Waals surface area contributed by atoms with Crippen LogP contribution in [-0.4, -0.2) is 58.5 Å². The molecule has 1 saturated carbocycles. The number of fused-ring (bicyclic) bond motifs is 3. The van der Waals surface area contributed by atoms with Gasteiger partial charge in [-0.3, -0.25) is 9.52 Å². The average molecular weight is 532 g/mol. The third-order valence-electron chi connectivity index (χ3n) is 7.44. The molecule has 2 heterocycles. The van der Waals surface area contributed by atoms with Crippen molar-refractivity contribution < 1.29 is 31.9 Å². The number of methoxy groups -OCH3 is 1. The Bertz CT molecular complexity index is 1350. The first-order chi connectivity index (χ1) is 17.7. The lowest BCUT2D eigenvalue weighted by Crippen LogP contribution is -2.33. The predicted molar refractivity (Wildman–Crippen MR) is 133 cm³/mol. The minimum Gasteiger partial charge on any atom is -0.492 e. The van der Waals surface area contributed by atoms with E-state index in [-0.39, 0.29) is 46.0 Å². The van der Waals surface area contributed by atoms with Gasteiger partial charge in [0, 0.05) is 19.0 Å². The van der Waals surface area contributed by atoms with Crippen LogP contribution in [0.15, 0.2) is 35.2 Å². The highest BCUT2D eigenvalue weighted by molar-refractivity contribution is 7.92. The molecule has 0 spiro atoms. The number of likely N-dealkylation sites (tertiary alicyclic amines) is 1. The number of nitrogens with one attached hydrogen (secondary N) is 2. The summed E-state index contributed by atoms with van der Waals surface area (Å²) in [5.41, 5.74) is 0.974. The molecule has 0 radical (unpaired) electrons. The number of rotatable bonds is 8. The summed E-state index contributed by atoms with van der Waals surface area (Å²) < 4.78 is 54.3. The van der Waals surface area contributed by atoms with E-state index in [1.165, 1.54) is 13.2 Å². The number of amides is 1. The molecule has 0 bridgehead atoms. The summed E-state index contributed by atoms with van der Waals surface area (Å²) in [7, 11) is -3.06. The van der Waals surface area contributed by atoms with Crippen LogP contribution < -0.4 is 14.8 Å². The molecule has 3 atom stereocenters. The first-order valence-corrected chi connectivity index (χ1v) is 13.9. The van der Waals surface area contributed by atoms with Crippen LogP contribution in [-0.2, 0) is 26.1 Å². The highest BCUT2D eigenvalue weighted by Crippen LogP contribution is 2.55. The maximum Gasteiger partial charge on any atom is 0.343 e. The summed E-state index contributed by atoms with van der Waals surface area (Å²) in [5.74, 6) is -0.725. The highest BCUT2D eigenvalue weighted by atomic mass is 32.2. The van der Waals surface area contributed by atoms with E-state index in [4.69, 9.17) is 9.47 Å². The number of esters is 1. The molecule has 2 aromatic rings. The molecule has 5 rings (SSSR count). The number of anilines is 1. The molecule has 198 valence electrons. The Morgan fingerprint density at radius 1 is 1.24 bits per heavy atom. The van der Waals surface area contributed by atoms with Gasteiger partial charge in [0.05, 0.1) is 30.2 Å². The fraction of sp³-hybridized carbons (Fsp3) is 0.462. The molecule has 11 heteroatoms. The Kier molecular flexibility index (Phi) is 6.84. The number of hydrogen-bond acceptors (Lipinski definition) is 7. The fourth-order valence-corrected chi connectivity index (χ4v) is 6.54. The summed E-state index contributed by atoms with van der Waals surface area (Å²) in [6.45, 7) is 4.64. The Labute approximate surface area is 215 Å². The quantitative estimate of drug-likeness (QED) is 0.504. The van der Waals surface area contributed by atoms with E-state index < -0.39 is 21.8 Å². The zero-order valence-electron chi connectivity index (χ0n) is 20.8. The van der Waals surface area contributed by atoms with E-state index in [1.807, 2.05) is 6.92 Å². The molecule has 2 aromatic carbocycles. The van der Waals surface area contributed by atoms with Crippen molar-refractivity contribution in [3.8, 4) is 5.75 Å². The summed E-state index contributed by atoms with van der Waals surface area (Å²) in [5, 5.41) is 2.76. The SMILES string of the molecule is CCN1CC[C@H](C(=O)NCc2cc(F)ccc2S(=O)(=O)Nc2ccc3c(c2C(=O)OC)OC[C@@H]2C[C@H]32)C1. The van der Waals surface area contributed by atoms with Gasteiger partial charge in [-0.15, -0.1) is 0 Å². The number of hydrogen-bond donors (Lipinski definition) is 2. The molecular weight excluding hydrogens is 501 g/mol. The molecule has 2 fully saturated rings. The zero-order valence-corrected chi connectivity index (χ0v) is 21.6. The van der Waals surface area contributed by atoms with E-state index in [1.54, 1.807) is 6.07 Å². The number of benzene rings is 2. The van der Waals surface area contributed by atoms with Gasteiger partial charge in [0.25, 0.3) is 10.0 Å². The molecule has 1 aliphatic carbocycles. The topological polar surface area (TPSA) is 114 Å². The van der Waals surface area contributed by atoms with Gasteiger partial charge in [0.1, 0.15) is 17.1 Å². The number of halogens is 1. The molecule has 1 saturated heterocycles. The average Bonchev–Trinajstić information content (AvgIpc) is 3.53. The highest BCUT2D eigenvalue weighted by Gasteiger charge is 2.45. The minimum absolute atomic E-state index is 0.00704. The van der Waals surface area contributed by atoms with E-state index in [2.05, 4.69) is 14.9 Å². The monoisotopic (exact) mass is 531 g/mol. The lowest BCUT2D eigenvalue weighted by atomic mass is 10.0. The van der Waals surface area contributed by atoms with Crippen molar-refractivity contribution >= 4 is 27.6 Å². The van der Waals surface area contributed by atoms with Crippen LogP contribution in [0.25, 0.3) is 0 Å². The maximum atomic E-state index is 14.1. The number of carbonyl (C=O) groups excluding carboxylic acids is 2. The van der Waals surface area contributed by atoms with E-state index in [0.717, 1.165) is 43.3 Å². The van der Waals surface area contributed by atoms with Crippen molar-refractivity contribution in [2.75, 3.05) is 38.1 Å². The Hall–Kier alpha value is -3.18. The summed E-state index contributed by atoms with van der Waals surface area (Å²) in [6.07, 6.45) is 1.68. The zero-order chi connectivity index (χ0) is 26.3. The first-order valence-electron chi connectivity index (χ1n) is 12.4. The van der Waals surface area contributed by atoms with Crippen molar-refractivity contribution in [1.29, 1.82) is 0 Å². The van der Waals surface area contributed by atoms with Crippen molar-refractivity contribution in [2.24, 2.45) is 11.8 Å². The molecule has 1 amide bonds. The van der Waals surface area contributed by atoms with Gasteiger partial charge in [0.2, 0.25) is 5.91 Å². The third-order valence-corrected chi connectivity index (χ3v) is 8.91. The Balaban J connectivity index is 1.40. The van der Waals surface area contributed by atoms with Gasteiger partial charge in [-0.1, -0.05) is 13.0 Å². The molecule has 37 heavy (non-hydrogen) atoms. The second kappa shape index (κ2) is 9.94. The largest absolute Gasteiger partial charge is 0.492 e. The van der Waals surface area contributed by atoms with Crippen LogP contribution in [0, 0.1) is 17.7 Å². The van der Waals surface area contributed by atoms with Crippen LogP contribution in [0.2, 0.25) is 0 Å². The normalized spacial score (nSPS) is 22.4. The lowest BCUT2D eigenvalue weighted by molar-refractivity contribution is -0.124. The number of nitrogens with zero attached hydrogens (tertiary/aromatic N) is 1. The maximum absolute atomic E-state index is 14.1. The predicted octanol–water partition coefficient (Wildman–Crippen LogP) is 2.87. The molecule has 2 N–H and O–H groups in total. The van der Waals surface area contributed by atoms with Crippen LogP contribution >= 0.6 is 0 Å². The van der Waals surface area contributed by atoms with Gasteiger partial charge in [-0.05, 0) is 67.2 Å². The molecular formula is C26H30FN3O6S. The standard InChI is InChI=1S/C26H30FN3O6S/c1-3-30-9-8-15(13-30)25(31)28-12-16-10-18(27)4-7-22(16)37(33,34)29-21-6-5-19-20-11-17(20)14-36-24(19)23(21)26(32)35-2/h4-7,10,15,17,20,29H,3,8-9,11-14H2,1-2H3,(H,28,31)/t15-,17-,20-/m0/s1. The van der Waals surface area contributed by atoms with Crippen molar-refractivity contribution in [3.63, 3.8) is 0 Å². The number of carbonyl (C=O) groups is 2. The third kappa shape index (κ3) is 5.02. The molecule has 2 aliphatic heterocycles. The van der Waals surface area contributed by atoms with Crippen LogP contribution in [0.3, 0.4) is 0 Å². The number of sulfonamides is 1. The lowest BCUT2D eigenvalue weighted by Gasteiger charge is -2.22. The summed E-state index contributed by atoms with van der Waals surface area (Å²) in [6, 6.07) is 6.56. The molecule has 0 aromatic heterocycles. The smallest absolute Gasteiger partial charge is 0.343 e. The molecule has 9 nitrogen and oxygen atoms in total. The van der Waals surface area contributed by atoms with Gasteiger partial charge in [-0.2, -0.15) is 0 Å². The van der Waals surface area contributed by atoms with Gasteiger partial charge >= 0.3 is 5.97 Å². The Morgan fingerprint density at radius 2 is 2.05 bits per heavy atom. The minimum atomic E-state index is -4.27. The van der Waals surface area contributed by atoms with Crippen LogP contribution in [0.1, 0.15) is 47.2 Å². The van der Waals surface area contributed by atoms with E-state index in [0.29, 0.717) is 31.2 Å².